The molecular weight excluding hydrogens is 250 g/mol. The maximum Gasteiger partial charge on any atom is 0.152 e. The second-order valence-corrected chi connectivity index (χ2v) is 5.23. The fraction of sp³-hybridized carbons (Fsp3) is 0.250. The highest BCUT2D eigenvalue weighted by molar-refractivity contribution is 5.97. The summed E-state index contributed by atoms with van der Waals surface area (Å²) in [6.45, 7) is 4.88. The molecule has 0 aliphatic heterocycles. The molecule has 4 heteroatoms. The number of carbonyl (C=O) groups is 1. The summed E-state index contributed by atoms with van der Waals surface area (Å²) in [5.74, 6) is 0. The van der Waals surface area contributed by atoms with Crippen LogP contribution in [0.2, 0.25) is 0 Å². The average molecular weight is 267 g/mol. The number of rotatable bonds is 4. The van der Waals surface area contributed by atoms with Crippen molar-refractivity contribution in [2.45, 2.75) is 26.4 Å². The minimum atomic E-state index is 0.357. The summed E-state index contributed by atoms with van der Waals surface area (Å²) in [7, 11) is 0. The van der Waals surface area contributed by atoms with E-state index in [1.165, 1.54) is 0 Å². The van der Waals surface area contributed by atoms with Crippen molar-refractivity contribution >= 4 is 17.2 Å². The van der Waals surface area contributed by atoms with Crippen LogP contribution in [0.3, 0.4) is 0 Å². The zero-order valence-electron chi connectivity index (χ0n) is 11.7. The SMILES string of the molecule is CC(C)n1ccc(Cn2cc(C=O)c3ccccc32)n1. The second-order valence-electron chi connectivity index (χ2n) is 5.23. The maximum absolute atomic E-state index is 11.1. The summed E-state index contributed by atoms with van der Waals surface area (Å²) in [4.78, 5) is 11.1. The highest BCUT2D eigenvalue weighted by atomic mass is 16.1. The maximum atomic E-state index is 11.1. The van der Waals surface area contributed by atoms with E-state index in [9.17, 15) is 4.79 Å². The Morgan fingerprint density at radius 2 is 2.05 bits per heavy atom. The Bertz CT molecular complexity index is 752. The van der Waals surface area contributed by atoms with Gasteiger partial charge in [-0.25, -0.2) is 0 Å². The number of hydrogen-bond donors (Lipinski definition) is 0. The van der Waals surface area contributed by atoms with Crippen LogP contribution in [-0.2, 0) is 6.54 Å². The molecule has 3 rings (SSSR count). The summed E-state index contributed by atoms with van der Waals surface area (Å²) in [6, 6.07) is 10.3. The normalized spacial score (nSPS) is 11.3. The molecule has 2 aromatic heterocycles. The van der Waals surface area contributed by atoms with Crippen LogP contribution in [0.1, 0.15) is 35.9 Å². The number of nitrogens with zero attached hydrogens (tertiary/aromatic N) is 3. The van der Waals surface area contributed by atoms with Crippen molar-refractivity contribution in [3.8, 4) is 0 Å². The van der Waals surface area contributed by atoms with Crippen molar-refractivity contribution in [3.63, 3.8) is 0 Å². The van der Waals surface area contributed by atoms with Crippen molar-refractivity contribution in [2.24, 2.45) is 0 Å². The Hall–Kier alpha value is -2.36. The topological polar surface area (TPSA) is 39.8 Å². The predicted octanol–water partition coefficient (Wildman–Crippen LogP) is 3.28. The van der Waals surface area contributed by atoms with Gasteiger partial charge in [0.2, 0.25) is 0 Å². The fourth-order valence-corrected chi connectivity index (χ4v) is 2.42. The van der Waals surface area contributed by atoms with Gasteiger partial charge in [-0.1, -0.05) is 18.2 Å². The highest BCUT2D eigenvalue weighted by Gasteiger charge is 2.09. The van der Waals surface area contributed by atoms with Crippen molar-refractivity contribution in [1.29, 1.82) is 0 Å². The van der Waals surface area contributed by atoms with Gasteiger partial charge in [0.15, 0.2) is 6.29 Å². The van der Waals surface area contributed by atoms with E-state index in [0.29, 0.717) is 12.6 Å². The molecule has 1 aromatic carbocycles. The number of fused-ring (bicyclic) bond motifs is 1. The van der Waals surface area contributed by atoms with E-state index < -0.39 is 0 Å². The van der Waals surface area contributed by atoms with E-state index in [1.54, 1.807) is 0 Å². The molecule has 3 aromatic rings. The lowest BCUT2D eigenvalue weighted by Crippen LogP contribution is -2.04. The third kappa shape index (κ3) is 2.13. The van der Waals surface area contributed by atoms with Crippen molar-refractivity contribution in [1.82, 2.24) is 14.3 Å². The predicted molar refractivity (Wildman–Crippen MR) is 79.0 cm³/mol. The molecule has 0 bridgehead atoms. The van der Waals surface area contributed by atoms with E-state index in [2.05, 4.69) is 23.5 Å². The lowest BCUT2D eigenvalue weighted by atomic mass is 10.2. The van der Waals surface area contributed by atoms with Gasteiger partial charge >= 0.3 is 0 Å². The van der Waals surface area contributed by atoms with Crippen LogP contribution in [0, 0.1) is 0 Å². The van der Waals surface area contributed by atoms with Crippen LogP contribution in [-0.4, -0.2) is 20.6 Å². The molecule has 0 saturated heterocycles. The Kier molecular flexibility index (Phi) is 3.14. The third-order valence-electron chi connectivity index (χ3n) is 3.47. The van der Waals surface area contributed by atoms with Gasteiger partial charge in [0.25, 0.3) is 0 Å². The molecule has 0 fully saturated rings. The first-order valence-corrected chi connectivity index (χ1v) is 6.76. The number of para-hydroxylation sites is 1. The quantitative estimate of drug-likeness (QED) is 0.680. The molecule has 102 valence electrons. The average Bonchev–Trinajstić information content (AvgIpc) is 3.05. The Morgan fingerprint density at radius 3 is 2.75 bits per heavy atom. The first-order chi connectivity index (χ1) is 9.69. The van der Waals surface area contributed by atoms with Crippen molar-refractivity contribution in [2.75, 3.05) is 0 Å². The Labute approximate surface area is 117 Å². The van der Waals surface area contributed by atoms with Crippen LogP contribution >= 0.6 is 0 Å². The number of hydrogen-bond acceptors (Lipinski definition) is 2. The summed E-state index contributed by atoms with van der Waals surface area (Å²) in [6.07, 6.45) is 4.80. The molecule has 0 aliphatic carbocycles. The zero-order valence-corrected chi connectivity index (χ0v) is 11.7. The van der Waals surface area contributed by atoms with Gasteiger partial charge in [0.05, 0.1) is 12.2 Å². The largest absolute Gasteiger partial charge is 0.341 e. The molecule has 2 heterocycles. The van der Waals surface area contributed by atoms with Crippen molar-refractivity contribution < 1.29 is 4.79 Å². The van der Waals surface area contributed by atoms with Crippen LogP contribution in [0.15, 0.2) is 42.7 Å². The van der Waals surface area contributed by atoms with Crippen LogP contribution in [0.5, 0.6) is 0 Å². The van der Waals surface area contributed by atoms with E-state index in [-0.39, 0.29) is 0 Å². The van der Waals surface area contributed by atoms with E-state index in [4.69, 9.17) is 0 Å². The number of carbonyl (C=O) groups excluding carboxylic acids is 1. The third-order valence-corrected chi connectivity index (χ3v) is 3.47. The summed E-state index contributed by atoms with van der Waals surface area (Å²) in [5, 5.41) is 5.55. The van der Waals surface area contributed by atoms with Gasteiger partial charge in [-0.3, -0.25) is 9.48 Å². The van der Waals surface area contributed by atoms with Crippen LogP contribution < -0.4 is 0 Å². The molecule has 0 spiro atoms. The first-order valence-electron chi connectivity index (χ1n) is 6.76. The van der Waals surface area contributed by atoms with Gasteiger partial charge < -0.3 is 4.57 Å². The van der Waals surface area contributed by atoms with Crippen molar-refractivity contribution in [3.05, 3.63) is 54.0 Å². The van der Waals surface area contributed by atoms with Gasteiger partial charge in [0.1, 0.15) is 0 Å². The molecule has 0 radical (unpaired) electrons. The smallest absolute Gasteiger partial charge is 0.152 e. The summed E-state index contributed by atoms with van der Waals surface area (Å²) >= 11 is 0. The second kappa shape index (κ2) is 4.96. The molecule has 4 nitrogen and oxygen atoms in total. The molecule has 0 atom stereocenters. The monoisotopic (exact) mass is 267 g/mol. The first kappa shape index (κ1) is 12.7. The standard InChI is InChI=1S/C16H17N3O/c1-12(2)19-8-7-14(17-19)10-18-9-13(11-20)15-5-3-4-6-16(15)18/h3-9,11-12H,10H2,1-2H3. The van der Waals surface area contributed by atoms with Crippen LogP contribution in [0.4, 0.5) is 0 Å². The molecule has 0 unspecified atom stereocenters. The van der Waals surface area contributed by atoms with Gasteiger partial charge in [0, 0.05) is 34.9 Å². The molecule has 0 N–H and O–H groups in total. The number of benzene rings is 1. The summed E-state index contributed by atoms with van der Waals surface area (Å²) < 4.78 is 4.02. The Morgan fingerprint density at radius 1 is 1.25 bits per heavy atom. The lowest BCUT2D eigenvalue weighted by Gasteiger charge is -2.05. The highest BCUT2D eigenvalue weighted by Crippen LogP contribution is 2.20. The van der Waals surface area contributed by atoms with Crippen LogP contribution in [0.25, 0.3) is 10.9 Å². The van der Waals surface area contributed by atoms with Gasteiger partial charge in [-0.05, 0) is 26.0 Å². The lowest BCUT2D eigenvalue weighted by molar-refractivity contribution is 0.112. The van der Waals surface area contributed by atoms with E-state index >= 15 is 0 Å². The zero-order chi connectivity index (χ0) is 14.1. The molecular formula is C16H17N3O. The van der Waals surface area contributed by atoms with E-state index in [1.807, 2.05) is 47.4 Å². The van der Waals surface area contributed by atoms with Gasteiger partial charge in [-0.15, -0.1) is 0 Å². The number of aromatic nitrogens is 3. The fourth-order valence-electron chi connectivity index (χ4n) is 2.42. The number of aldehydes is 1. The Balaban J connectivity index is 1.99. The minimum absolute atomic E-state index is 0.357. The molecule has 0 amide bonds. The van der Waals surface area contributed by atoms with Gasteiger partial charge in [-0.2, -0.15) is 5.10 Å². The molecule has 0 saturated carbocycles. The minimum Gasteiger partial charge on any atom is -0.341 e. The molecule has 20 heavy (non-hydrogen) atoms. The van der Waals surface area contributed by atoms with E-state index in [0.717, 1.165) is 28.4 Å². The molecule has 0 aliphatic rings. The summed E-state index contributed by atoms with van der Waals surface area (Å²) in [5.41, 5.74) is 2.79.